The fraction of sp³-hybridized carbons (Fsp3) is 0.292. The van der Waals surface area contributed by atoms with Gasteiger partial charge in [-0.25, -0.2) is 14.2 Å². The molecule has 8 nitrogen and oxygen atoms in total. The first-order valence-corrected chi connectivity index (χ1v) is 10.1. The number of aromatic nitrogens is 2. The Morgan fingerprint density at radius 1 is 1.27 bits per heavy atom. The van der Waals surface area contributed by atoms with Crippen LogP contribution in [-0.4, -0.2) is 27.0 Å². The minimum absolute atomic E-state index is 0.114. The lowest BCUT2D eigenvalue weighted by Crippen LogP contribution is -2.27. The first-order chi connectivity index (χ1) is 15.5. The fourth-order valence-electron chi connectivity index (χ4n) is 3.75. The fourth-order valence-corrected chi connectivity index (χ4v) is 3.75. The van der Waals surface area contributed by atoms with Crippen LogP contribution in [0.25, 0.3) is 4.85 Å². The number of benzene rings is 1. The minimum atomic E-state index is -0.782. The highest BCUT2D eigenvalue weighted by atomic mass is 19.1. The molecule has 170 valence electrons. The molecule has 3 aromatic rings. The van der Waals surface area contributed by atoms with E-state index in [1.807, 2.05) is 0 Å². The molecule has 0 aliphatic carbocycles. The number of hydrogen-bond donors (Lipinski definition) is 1. The molecule has 1 aromatic carbocycles. The van der Waals surface area contributed by atoms with Crippen molar-refractivity contribution >= 4 is 28.8 Å². The molecule has 0 aliphatic heterocycles. The van der Waals surface area contributed by atoms with Gasteiger partial charge in [-0.15, -0.1) is 0 Å². The number of carbonyl (C=O) groups excluding carboxylic acids is 3. The van der Waals surface area contributed by atoms with Crippen molar-refractivity contribution < 1.29 is 23.2 Å². The van der Waals surface area contributed by atoms with Crippen LogP contribution in [0.5, 0.6) is 0 Å². The molecule has 0 unspecified atom stereocenters. The zero-order valence-corrected chi connectivity index (χ0v) is 18.9. The highest BCUT2D eigenvalue weighted by molar-refractivity contribution is 6.44. The highest BCUT2D eigenvalue weighted by Crippen LogP contribution is 2.29. The molecule has 0 aliphatic rings. The lowest BCUT2D eigenvalue weighted by atomic mass is 9.85. The molecule has 2 aromatic heterocycles. The highest BCUT2D eigenvalue weighted by Gasteiger charge is 2.34. The number of amides is 1. The summed E-state index contributed by atoms with van der Waals surface area (Å²) in [7, 11) is 1.62. The van der Waals surface area contributed by atoms with Gasteiger partial charge in [0.1, 0.15) is 17.8 Å². The lowest BCUT2D eigenvalue weighted by molar-refractivity contribution is -0.116. The largest absolute Gasteiger partial charge is 0.448 e. The molecule has 0 fully saturated rings. The number of halogens is 1. The summed E-state index contributed by atoms with van der Waals surface area (Å²) in [5.41, 5.74) is 0.403. The monoisotopic (exact) mass is 450 g/mol. The van der Waals surface area contributed by atoms with E-state index in [4.69, 9.17) is 11.0 Å². The number of oxazole rings is 1. The van der Waals surface area contributed by atoms with E-state index in [0.29, 0.717) is 17.1 Å². The van der Waals surface area contributed by atoms with Crippen molar-refractivity contribution in [3.63, 3.8) is 0 Å². The zero-order valence-electron chi connectivity index (χ0n) is 18.9. The Hall–Kier alpha value is -4.06. The molecule has 2 heterocycles. The van der Waals surface area contributed by atoms with Crippen molar-refractivity contribution in [1.82, 2.24) is 9.55 Å². The van der Waals surface area contributed by atoms with Crippen LogP contribution >= 0.6 is 0 Å². The number of nitrogens with zero attached hydrogens (tertiary/aromatic N) is 3. The Bertz CT molecular complexity index is 1300. The number of rotatable bonds is 7. The summed E-state index contributed by atoms with van der Waals surface area (Å²) in [6.07, 6.45) is 2.76. The Morgan fingerprint density at radius 2 is 1.97 bits per heavy atom. The standard InChI is InChI=1S/C24H23FN4O4/c1-13-19(21(31)18(30)12-24(3,4)23-27-9-10-33-23)14(2)29(6)20(13)22(32)28-15-7-8-16(25)17(11-15)26-5/h7-11H,12H2,1-4,6H3,(H,28,32). The van der Waals surface area contributed by atoms with Crippen LogP contribution in [0, 0.1) is 26.2 Å². The Balaban J connectivity index is 1.88. The summed E-state index contributed by atoms with van der Waals surface area (Å²) in [5, 5.41) is 2.62. The molecule has 0 atom stereocenters. The van der Waals surface area contributed by atoms with Crippen LogP contribution in [0.15, 0.2) is 35.1 Å². The maximum atomic E-state index is 13.6. The van der Waals surface area contributed by atoms with Gasteiger partial charge in [0.15, 0.2) is 5.89 Å². The van der Waals surface area contributed by atoms with Crippen LogP contribution in [0.1, 0.15) is 58.3 Å². The molecule has 1 amide bonds. The maximum Gasteiger partial charge on any atom is 0.272 e. The summed E-state index contributed by atoms with van der Waals surface area (Å²) in [4.78, 5) is 46.1. The van der Waals surface area contributed by atoms with Gasteiger partial charge in [-0.2, -0.15) is 0 Å². The van der Waals surface area contributed by atoms with Gasteiger partial charge >= 0.3 is 0 Å². The van der Waals surface area contributed by atoms with Crippen LogP contribution in [-0.2, 0) is 17.3 Å². The molecular formula is C24H23FN4O4. The van der Waals surface area contributed by atoms with E-state index in [1.54, 1.807) is 34.7 Å². The van der Waals surface area contributed by atoms with Crippen molar-refractivity contribution in [2.24, 2.45) is 7.05 Å². The summed E-state index contributed by atoms with van der Waals surface area (Å²) in [6, 6.07) is 3.66. The Morgan fingerprint density at radius 3 is 2.58 bits per heavy atom. The molecule has 9 heteroatoms. The number of carbonyl (C=O) groups is 3. The van der Waals surface area contributed by atoms with Gasteiger partial charge in [-0.1, -0.05) is 13.8 Å². The van der Waals surface area contributed by atoms with E-state index in [0.717, 1.165) is 6.07 Å². The van der Waals surface area contributed by atoms with Gasteiger partial charge in [-0.3, -0.25) is 14.4 Å². The van der Waals surface area contributed by atoms with E-state index < -0.39 is 28.7 Å². The molecule has 0 spiro atoms. The van der Waals surface area contributed by atoms with Crippen LogP contribution in [0.2, 0.25) is 0 Å². The number of Topliss-reactive ketones (excluding diaryl/α,β-unsaturated/α-hetero) is 2. The number of nitrogens with one attached hydrogen (secondary N) is 1. The lowest BCUT2D eigenvalue weighted by Gasteiger charge is -2.19. The molecule has 0 radical (unpaired) electrons. The van der Waals surface area contributed by atoms with Gasteiger partial charge < -0.3 is 14.3 Å². The van der Waals surface area contributed by atoms with E-state index in [1.165, 1.54) is 29.2 Å². The van der Waals surface area contributed by atoms with Crippen LogP contribution < -0.4 is 5.32 Å². The van der Waals surface area contributed by atoms with Gasteiger partial charge in [0.25, 0.3) is 5.91 Å². The van der Waals surface area contributed by atoms with Gasteiger partial charge in [-0.05, 0) is 37.6 Å². The van der Waals surface area contributed by atoms with E-state index in [9.17, 15) is 18.8 Å². The Kier molecular flexibility index (Phi) is 6.31. The van der Waals surface area contributed by atoms with Crippen molar-refractivity contribution in [2.45, 2.75) is 39.5 Å². The molecule has 0 saturated heterocycles. The quantitative estimate of drug-likeness (QED) is 0.320. The zero-order chi connectivity index (χ0) is 24.5. The molecule has 0 bridgehead atoms. The van der Waals surface area contributed by atoms with E-state index in [-0.39, 0.29) is 29.1 Å². The smallest absolute Gasteiger partial charge is 0.272 e. The Labute approximate surface area is 190 Å². The topological polar surface area (TPSA) is 98.6 Å². The van der Waals surface area contributed by atoms with Crippen molar-refractivity contribution in [1.29, 1.82) is 0 Å². The first-order valence-electron chi connectivity index (χ1n) is 10.1. The predicted octanol–water partition coefficient (Wildman–Crippen LogP) is 4.69. The second kappa shape index (κ2) is 8.82. The summed E-state index contributed by atoms with van der Waals surface area (Å²) in [5.74, 6) is -2.21. The number of ketones is 2. The van der Waals surface area contributed by atoms with Crippen molar-refractivity contribution in [3.8, 4) is 0 Å². The van der Waals surface area contributed by atoms with Gasteiger partial charge in [0.05, 0.1) is 18.3 Å². The molecule has 0 saturated carbocycles. The molecule has 33 heavy (non-hydrogen) atoms. The second-order valence-electron chi connectivity index (χ2n) is 8.38. The van der Waals surface area contributed by atoms with E-state index >= 15 is 0 Å². The number of hydrogen-bond acceptors (Lipinski definition) is 5. The number of anilines is 1. The van der Waals surface area contributed by atoms with Gasteiger partial charge in [0, 0.05) is 30.3 Å². The third-order valence-electron chi connectivity index (χ3n) is 5.56. The summed E-state index contributed by atoms with van der Waals surface area (Å²) in [6.45, 7) is 13.8. The molecule has 1 N–H and O–H groups in total. The van der Waals surface area contributed by atoms with Crippen molar-refractivity contribution in [3.05, 3.63) is 76.3 Å². The predicted molar refractivity (Wildman–Crippen MR) is 119 cm³/mol. The van der Waals surface area contributed by atoms with Crippen LogP contribution in [0.4, 0.5) is 15.8 Å². The molecular weight excluding hydrogens is 427 g/mol. The minimum Gasteiger partial charge on any atom is -0.448 e. The average molecular weight is 450 g/mol. The van der Waals surface area contributed by atoms with E-state index in [2.05, 4.69) is 15.1 Å². The maximum absolute atomic E-state index is 13.6. The third-order valence-corrected chi connectivity index (χ3v) is 5.56. The SMILES string of the molecule is [C-]#[N+]c1cc(NC(=O)c2c(C)c(C(=O)C(=O)CC(C)(C)c3ncco3)c(C)n2C)ccc1F. The molecule has 3 rings (SSSR count). The average Bonchev–Trinajstić information content (AvgIpc) is 3.37. The summed E-state index contributed by atoms with van der Waals surface area (Å²) < 4.78 is 20.4. The third kappa shape index (κ3) is 4.46. The van der Waals surface area contributed by atoms with Crippen molar-refractivity contribution in [2.75, 3.05) is 5.32 Å². The van der Waals surface area contributed by atoms with Crippen LogP contribution in [0.3, 0.4) is 0 Å². The first kappa shape index (κ1) is 23.6. The second-order valence-corrected chi connectivity index (χ2v) is 8.38. The van der Waals surface area contributed by atoms with Gasteiger partial charge in [0.2, 0.25) is 17.3 Å². The summed E-state index contributed by atoms with van der Waals surface area (Å²) >= 11 is 0. The normalized spacial score (nSPS) is 11.2.